The van der Waals surface area contributed by atoms with Crippen molar-refractivity contribution in [2.24, 2.45) is 5.41 Å². The molecule has 0 aliphatic carbocycles. The van der Waals surface area contributed by atoms with E-state index in [0.29, 0.717) is 22.2 Å². The molecule has 0 amide bonds. The summed E-state index contributed by atoms with van der Waals surface area (Å²) < 4.78 is 59.3. The van der Waals surface area contributed by atoms with Crippen LogP contribution in [0, 0.1) is 5.41 Å². The molecular formula is C29H35F3N6O2P+. The van der Waals surface area contributed by atoms with Crippen LogP contribution in [0.3, 0.4) is 0 Å². The first kappa shape index (κ1) is 29.1. The molecule has 41 heavy (non-hydrogen) atoms. The number of para-hydroxylation sites is 1. The van der Waals surface area contributed by atoms with Crippen molar-refractivity contribution >= 4 is 41.9 Å². The number of rotatable bonds is 7. The second kappa shape index (κ2) is 11.8. The number of nitrogens with one attached hydrogen (secondary N) is 2. The molecule has 2 aromatic carbocycles. The lowest BCUT2D eigenvalue weighted by Gasteiger charge is -2.47. The van der Waals surface area contributed by atoms with Gasteiger partial charge in [0.25, 0.3) is 0 Å². The molecule has 0 radical (unpaired) electrons. The monoisotopic (exact) mass is 587 g/mol. The number of aromatic nitrogens is 2. The largest absolute Gasteiger partial charge is 0.494 e. The molecule has 1 atom stereocenters. The van der Waals surface area contributed by atoms with Gasteiger partial charge in [-0.3, -0.25) is 0 Å². The summed E-state index contributed by atoms with van der Waals surface area (Å²) in [5.41, 5.74) is 1.27. The normalized spacial score (nSPS) is 17.8. The number of methoxy groups -OCH3 is 1. The van der Waals surface area contributed by atoms with E-state index in [1.54, 1.807) is 31.4 Å². The van der Waals surface area contributed by atoms with Gasteiger partial charge in [-0.2, -0.15) is 18.2 Å². The Morgan fingerprint density at radius 2 is 1.66 bits per heavy atom. The average molecular weight is 588 g/mol. The molecule has 3 aromatic rings. The molecule has 1 unspecified atom stereocenters. The first-order valence-corrected chi connectivity index (χ1v) is 15.4. The molecule has 0 bridgehead atoms. The Morgan fingerprint density at radius 1 is 0.976 bits per heavy atom. The van der Waals surface area contributed by atoms with Gasteiger partial charge in [-0.1, -0.05) is 16.7 Å². The zero-order valence-corrected chi connectivity index (χ0v) is 24.4. The summed E-state index contributed by atoms with van der Waals surface area (Å²) in [6, 6.07) is 12.3. The minimum atomic E-state index is -4.69. The Morgan fingerprint density at radius 3 is 2.32 bits per heavy atom. The number of halogens is 3. The van der Waals surface area contributed by atoms with Crippen LogP contribution in [0.15, 0.2) is 48.7 Å². The highest BCUT2D eigenvalue weighted by Gasteiger charge is 2.37. The number of alkyl halides is 3. The molecule has 1 spiro atoms. The van der Waals surface area contributed by atoms with Gasteiger partial charge < -0.3 is 25.2 Å². The molecule has 8 nitrogen and oxygen atoms in total. The number of ether oxygens (including phenoxy) is 1. The van der Waals surface area contributed by atoms with E-state index in [9.17, 15) is 17.7 Å². The van der Waals surface area contributed by atoms with Gasteiger partial charge in [-0.15, -0.1) is 0 Å². The van der Waals surface area contributed by atoms with Gasteiger partial charge in [0, 0.05) is 31.0 Å². The van der Waals surface area contributed by atoms with Crippen molar-refractivity contribution in [3.05, 3.63) is 54.2 Å². The molecular weight excluding hydrogens is 552 g/mol. The maximum Gasteiger partial charge on any atom is 0.421 e. The van der Waals surface area contributed by atoms with E-state index in [4.69, 9.17) is 4.74 Å². The average Bonchev–Trinajstić information content (AvgIpc) is 2.95. The minimum absolute atomic E-state index is 0.0351. The number of hydrogen-bond acceptors (Lipinski definition) is 8. The molecule has 218 valence electrons. The Kier molecular flexibility index (Phi) is 8.38. The topological polar surface area (TPSA) is 82.6 Å². The summed E-state index contributed by atoms with van der Waals surface area (Å²) >= 11 is 0. The number of likely N-dealkylation sites (tertiary alicyclic amines) is 1. The Balaban J connectivity index is 1.35. The highest BCUT2D eigenvalue weighted by molar-refractivity contribution is 7.53. The van der Waals surface area contributed by atoms with Crippen LogP contribution in [0.1, 0.15) is 31.2 Å². The van der Waals surface area contributed by atoms with Crippen molar-refractivity contribution < 1.29 is 22.5 Å². The van der Waals surface area contributed by atoms with Crippen LogP contribution in [0.5, 0.6) is 5.75 Å². The molecule has 2 aliphatic heterocycles. The van der Waals surface area contributed by atoms with Gasteiger partial charge in [0.1, 0.15) is 23.8 Å². The number of nitrogens with zero attached hydrogens (tertiary/aromatic N) is 4. The number of hydrogen-bond donors (Lipinski definition) is 2. The number of benzene rings is 2. The van der Waals surface area contributed by atoms with Gasteiger partial charge in [0.05, 0.1) is 18.5 Å². The van der Waals surface area contributed by atoms with Crippen LogP contribution >= 0.6 is 7.80 Å². The van der Waals surface area contributed by atoms with Crippen molar-refractivity contribution in [2.75, 3.05) is 62.5 Å². The van der Waals surface area contributed by atoms with E-state index < -0.39 is 25.4 Å². The lowest BCUT2D eigenvalue weighted by atomic mass is 9.71. The lowest BCUT2D eigenvalue weighted by Crippen LogP contribution is -2.46. The third kappa shape index (κ3) is 6.57. The summed E-state index contributed by atoms with van der Waals surface area (Å²) in [5.74, 6) is 0.0616. The summed E-state index contributed by atoms with van der Waals surface area (Å²) in [4.78, 5) is 12.9. The Bertz CT molecular complexity index is 1400. The van der Waals surface area contributed by atoms with Gasteiger partial charge in [-0.05, 0) is 75.5 Å². The fourth-order valence-electron chi connectivity index (χ4n) is 5.66. The number of anilines is 5. The standard InChI is InChI=1S/C29H35F3N6O2P/c1-37-14-10-28(11-15-37)12-16-38(17-13-28)20-8-9-22(24(18-20)40-2)35-27-33-19-21(29(30,31)32)26(36-27)34-23-6-4-5-7-25(23)41(3)39/h4-9,18-19H,10-17H2,1-3H3,(H2,33,34,35,36)/q+1. The summed E-state index contributed by atoms with van der Waals surface area (Å²) in [6.07, 6.45) is 0.858. The zero-order chi connectivity index (χ0) is 29.2. The van der Waals surface area contributed by atoms with Gasteiger partial charge >= 0.3 is 14.0 Å². The first-order valence-electron chi connectivity index (χ1n) is 13.7. The fraction of sp³-hybridized carbons (Fsp3) is 0.448. The smallest absolute Gasteiger partial charge is 0.421 e. The molecule has 3 heterocycles. The van der Waals surface area contributed by atoms with E-state index in [-0.39, 0.29) is 11.6 Å². The minimum Gasteiger partial charge on any atom is -0.494 e. The maximum absolute atomic E-state index is 13.8. The van der Waals surface area contributed by atoms with Crippen LogP contribution < -0.4 is 25.6 Å². The molecule has 2 aliphatic rings. The second-order valence-electron chi connectivity index (χ2n) is 10.9. The van der Waals surface area contributed by atoms with Gasteiger partial charge in [0.2, 0.25) is 11.3 Å². The Hall–Kier alpha value is -3.43. The molecule has 0 saturated carbocycles. The van der Waals surface area contributed by atoms with Crippen molar-refractivity contribution in [3.63, 3.8) is 0 Å². The number of piperidine rings is 2. The lowest BCUT2D eigenvalue weighted by molar-refractivity contribution is -0.137. The molecule has 2 fully saturated rings. The summed E-state index contributed by atoms with van der Waals surface area (Å²) in [7, 11) is 1.94. The predicted molar refractivity (Wildman–Crippen MR) is 157 cm³/mol. The Labute approximate surface area is 239 Å². The third-order valence-electron chi connectivity index (χ3n) is 8.26. The second-order valence-corrected chi connectivity index (χ2v) is 12.4. The first-order chi connectivity index (χ1) is 19.6. The van der Waals surface area contributed by atoms with Crippen LogP contribution in [0.25, 0.3) is 0 Å². The molecule has 1 aromatic heterocycles. The van der Waals surface area contributed by atoms with Crippen molar-refractivity contribution in [1.29, 1.82) is 0 Å². The van der Waals surface area contributed by atoms with Gasteiger partial charge in [0.15, 0.2) is 0 Å². The van der Waals surface area contributed by atoms with Crippen LogP contribution in [-0.2, 0) is 10.7 Å². The van der Waals surface area contributed by atoms with Crippen LogP contribution in [0.4, 0.5) is 42.0 Å². The van der Waals surface area contributed by atoms with Gasteiger partial charge in [-0.25, -0.2) is 4.98 Å². The highest BCUT2D eigenvalue weighted by atomic mass is 31.1. The van der Waals surface area contributed by atoms with E-state index in [1.807, 2.05) is 18.2 Å². The van der Waals surface area contributed by atoms with Crippen LogP contribution in [0.2, 0.25) is 0 Å². The zero-order valence-electron chi connectivity index (χ0n) is 23.5. The maximum atomic E-state index is 13.8. The van der Waals surface area contributed by atoms with E-state index in [0.717, 1.165) is 50.9 Å². The van der Waals surface area contributed by atoms with E-state index >= 15 is 0 Å². The molecule has 5 rings (SSSR count). The highest BCUT2D eigenvalue weighted by Crippen LogP contribution is 2.43. The van der Waals surface area contributed by atoms with E-state index in [2.05, 4.69) is 37.4 Å². The van der Waals surface area contributed by atoms with Crippen molar-refractivity contribution in [2.45, 2.75) is 31.9 Å². The molecule has 2 N–H and O–H groups in total. The predicted octanol–water partition coefficient (Wildman–Crippen LogP) is 6.39. The van der Waals surface area contributed by atoms with E-state index in [1.165, 1.54) is 19.5 Å². The van der Waals surface area contributed by atoms with Crippen LogP contribution in [-0.4, -0.2) is 61.9 Å². The van der Waals surface area contributed by atoms with Crippen molar-refractivity contribution in [3.8, 4) is 5.75 Å². The molecule has 12 heteroatoms. The van der Waals surface area contributed by atoms with Crippen molar-refractivity contribution in [1.82, 2.24) is 14.9 Å². The molecule has 2 saturated heterocycles. The SMILES string of the molecule is COc1cc(N2CCC3(CCN(C)CC3)CC2)ccc1Nc1ncc(C(F)(F)F)c(Nc2ccccc2[P+](C)=O)n1. The summed E-state index contributed by atoms with van der Waals surface area (Å²) in [5, 5.41) is 6.14. The summed E-state index contributed by atoms with van der Waals surface area (Å²) in [6.45, 7) is 5.76. The fourth-order valence-corrected chi connectivity index (χ4v) is 6.42. The third-order valence-corrected chi connectivity index (χ3v) is 9.33. The quantitative estimate of drug-likeness (QED) is 0.308.